The molecule has 0 N–H and O–H groups in total. The van der Waals surface area contributed by atoms with Gasteiger partial charge in [0.2, 0.25) is 0 Å². The maximum Gasteiger partial charge on any atom is 0.0518 e. The fraction of sp³-hybridized carbons (Fsp3) is 0.385. The van der Waals surface area contributed by atoms with Crippen LogP contribution < -0.4 is 0 Å². The Balaban J connectivity index is 2.05. The van der Waals surface area contributed by atoms with Gasteiger partial charge in [-0.2, -0.15) is 0 Å². The van der Waals surface area contributed by atoms with Gasteiger partial charge in [0.1, 0.15) is 0 Å². The van der Waals surface area contributed by atoms with Crippen LogP contribution in [0.15, 0.2) is 35.9 Å². The Morgan fingerprint density at radius 3 is 2.60 bits per heavy atom. The first-order valence-corrected chi connectivity index (χ1v) is 6.13. The first-order chi connectivity index (χ1) is 7.24. The zero-order valence-corrected chi connectivity index (χ0v) is 10.1. The van der Waals surface area contributed by atoms with E-state index in [4.69, 9.17) is 23.2 Å². The zero-order valence-electron chi connectivity index (χ0n) is 8.55. The van der Waals surface area contributed by atoms with Crippen LogP contribution in [0.1, 0.15) is 24.8 Å². The molecule has 0 heterocycles. The molecular weight excluding hydrogens is 227 g/mol. The van der Waals surface area contributed by atoms with Crippen molar-refractivity contribution in [2.75, 3.05) is 0 Å². The quantitative estimate of drug-likeness (QED) is 0.524. The number of benzene rings is 1. The summed E-state index contributed by atoms with van der Waals surface area (Å²) < 4.78 is 0. The Morgan fingerprint density at radius 2 is 1.93 bits per heavy atom. The molecule has 1 aliphatic rings. The van der Waals surface area contributed by atoms with Crippen LogP contribution in [0.3, 0.4) is 0 Å². The topological polar surface area (TPSA) is 0 Å². The molecule has 0 bridgehead atoms. The van der Waals surface area contributed by atoms with Crippen LogP contribution in [0.4, 0.5) is 0 Å². The molecule has 1 unspecified atom stereocenters. The standard InChI is InChI=1S/C13H14Cl2/c14-12-6-4-10(5-7-12)8-11-2-1-3-13(15)9-11/h4-7,9,13H,1-3,8H2. The van der Waals surface area contributed by atoms with Gasteiger partial charge in [-0.25, -0.2) is 0 Å². The molecule has 0 nitrogen and oxygen atoms in total. The lowest BCUT2D eigenvalue weighted by Crippen LogP contribution is -2.05. The molecule has 0 fully saturated rings. The molecule has 0 spiro atoms. The number of hydrogen-bond acceptors (Lipinski definition) is 0. The van der Waals surface area contributed by atoms with E-state index in [0.29, 0.717) is 0 Å². The first kappa shape index (κ1) is 11.0. The highest BCUT2D eigenvalue weighted by molar-refractivity contribution is 6.30. The monoisotopic (exact) mass is 240 g/mol. The van der Waals surface area contributed by atoms with Crippen molar-refractivity contribution in [3.63, 3.8) is 0 Å². The van der Waals surface area contributed by atoms with Crippen molar-refractivity contribution in [2.24, 2.45) is 0 Å². The van der Waals surface area contributed by atoms with Gasteiger partial charge < -0.3 is 0 Å². The molecule has 0 radical (unpaired) electrons. The summed E-state index contributed by atoms with van der Waals surface area (Å²) in [5.41, 5.74) is 2.78. The van der Waals surface area contributed by atoms with Crippen LogP contribution in [0.5, 0.6) is 0 Å². The van der Waals surface area contributed by atoms with E-state index in [2.05, 4.69) is 18.2 Å². The van der Waals surface area contributed by atoms with Gasteiger partial charge in [0.15, 0.2) is 0 Å². The second-order valence-corrected chi connectivity index (χ2v) is 5.03. The van der Waals surface area contributed by atoms with Gasteiger partial charge in [0, 0.05) is 5.02 Å². The second kappa shape index (κ2) is 5.05. The molecular formula is C13H14Cl2. The summed E-state index contributed by atoms with van der Waals surface area (Å²) >= 11 is 11.9. The molecule has 0 saturated heterocycles. The zero-order chi connectivity index (χ0) is 10.7. The Hall–Kier alpha value is -0.460. The van der Waals surface area contributed by atoms with Crippen molar-refractivity contribution in [1.82, 2.24) is 0 Å². The minimum absolute atomic E-state index is 0.237. The third-order valence-corrected chi connectivity index (χ3v) is 3.33. The van der Waals surface area contributed by atoms with Crippen LogP contribution in [0, 0.1) is 0 Å². The van der Waals surface area contributed by atoms with Gasteiger partial charge >= 0.3 is 0 Å². The van der Waals surface area contributed by atoms with Crippen LogP contribution in [-0.4, -0.2) is 5.38 Å². The molecule has 0 saturated carbocycles. The van der Waals surface area contributed by atoms with Gasteiger partial charge in [-0.1, -0.05) is 35.4 Å². The lowest BCUT2D eigenvalue weighted by atomic mass is 9.94. The summed E-state index contributed by atoms with van der Waals surface area (Å²) in [5, 5.41) is 1.03. The highest BCUT2D eigenvalue weighted by atomic mass is 35.5. The van der Waals surface area contributed by atoms with Crippen molar-refractivity contribution in [1.29, 1.82) is 0 Å². The SMILES string of the molecule is Clc1ccc(CC2=CC(Cl)CCC2)cc1. The normalized spacial score (nSPS) is 21.2. The summed E-state index contributed by atoms with van der Waals surface area (Å²) in [6.45, 7) is 0. The van der Waals surface area contributed by atoms with Gasteiger partial charge in [-0.15, -0.1) is 11.6 Å². The van der Waals surface area contributed by atoms with Gasteiger partial charge in [-0.3, -0.25) is 0 Å². The summed E-state index contributed by atoms with van der Waals surface area (Å²) in [7, 11) is 0. The Labute approximate surface area is 101 Å². The van der Waals surface area contributed by atoms with Crippen LogP contribution >= 0.6 is 23.2 Å². The van der Waals surface area contributed by atoms with E-state index in [-0.39, 0.29) is 5.38 Å². The summed E-state index contributed by atoms with van der Waals surface area (Å²) in [4.78, 5) is 0. The van der Waals surface area contributed by atoms with E-state index in [1.807, 2.05) is 12.1 Å². The summed E-state index contributed by atoms with van der Waals surface area (Å²) in [6, 6.07) is 8.05. The molecule has 2 rings (SSSR count). The van der Waals surface area contributed by atoms with Crippen molar-refractivity contribution in [3.8, 4) is 0 Å². The first-order valence-electron chi connectivity index (χ1n) is 5.32. The maximum atomic E-state index is 6.11. The third-order valence-electron chi connectivity index (χ3n) is 2.74. The average Bonchev–Trinajstić information content (AvgIpc) is 2.22. The molecule has 2 heteroatoms. The highest BCUT2D eigenvalue weighted by Gasteiger charge is 2.11. The fourth-order valence-corrected chi connectivity index (χ4v) is 2.42. The van der Waals surface area contributed by atoms with E-state index in [1.54, 1.807) is 0 Å². The maximum absolute atomic E-state index is 6.11. The molecule has 1 atom stereocenters. The smallest absolute Gasteiger partial charge is 0.0518 e. The van der Waals surface area contributed by atoms with Crippen LogP contribution in [0.2, 0.25) is 5.02 Å². The third kappa shape index (κ3) is 3.25. The van der Waals surface area contributed by atoms with Gasteiger partial charge in [-0.05, 0) is 43.4 Å². The van der Waals surface area contributed by atoms with E-state index >= 15 is 0 Å². The second-order valence-electron chi connectivity index (χ2n) is 4.04. The molecule has 1 aliphatic carbocycles. The highest BCUT2D eigenvalue weighted by Crippen LogP contribution is 2.24. The van der Waals surface area contributed by atoms with Crippen molar-refractivity contribution >= 4 is 23.2 Å². The predicted octanol–water partition coefficient (Wildman–Crippen LogP) is 4.60. The Morgan fingerprint density at radius 1 is 1.20 bits per heavy atom. The number of allylic oxidation sites excluding steroid dienone is 2. The Bertz CT molecular complexity index is 351. The minimum atomic E-state index is 0.237. The largest absolute Gasteiger partial charge is 0.118 e. The van der Waals surface area contributed by atoms with E-state index < -0.39 is 0 Å². The lowest BCUT2D eigenvalue weighted by molar-refractivity contribution is 0.693. The van der Waals surface area contributed by atoms with Crippen LogP contribution in [0.25, 0.3) is 0 Å². The molecule has 15 heavy (non-hydrogen) atoms. The van der Waals surface area contributed by atoms with E-state index in [0.717, 1.165) is 17.9 Å². The van der Waals surface area contributed by atoms with Crippen molar-refractivity contribution in [2.45, 2.75) is 31.1 Å². The minimum Gasteiger partial charge on any atom is -0.118 e. The predicted molar refractivity (Wildman–Crippen MR) is 66.7 cm³/mol. The fourth-order valence-electron chi connectivity index (χ4n) is 1.96. The average molecular weight is 241 g/mol. The van der Waals surface area contributed by atoms with Gasteiger partial charge in [0.25, 0.3) is 0 Å². The number of alkyl halides is 1. The van der Waals surface area contributed by atoms with Crippen molar-refractivity contribution in [3.05, 3.63) is 46.5 Å². The molecule has 0 aliphatic heterocycles. The molecule has 1 aromatic carbocycles. The lowest BCUT2D eigenvalue weighted by Gasteiger charge is -2.16. The van der Waals surface area contributed by atoms with Crippen LogP contribution in [-0.2, 0) is 6.42 Å². The molecule has 0 aromatic heterocycles. The molecule has 1 aromatic rings. The summed E-state index contributed by atoms with van der Waals surface area (Å²) in [6.07, 6.45) is 6.74. The number of rotatable bonds is 2. The van der Waals surface area contributed by atoms with Crippen molar-refractivity contribution < 1.29 is 0 Å². The summed E-state index contributed by atoms with van der Waals surface area (Å²) in [5.74, 6) is 0. The van der Waals surface area contributed by atoms with Gasteiger partial charge in [0.05, 0.1) is 5.38 Å². The number of halogens is 2. The molecule has 80 valence electrons. The van der Waals surface area contributed by atoms with E-state index in [9.17, 15) is 0 Å². The molecule has 0 amide bonds. The number of hydrogen-bond donors (Lipinski definition) is 0. The van der Waals surface area contributed by atoms with E-state index in [1.165, 1.54) is 24.0 Å². The Kier molecular flexibility index (Phi) is 3.71.